The second kappa shape index (κ2) is 5.90. The van der Waals surface area contributed by atoms with E-state index in [1.165, 1.54) is 11.3 Å². The molecule has 23 heavy (non-hydrogen) atoms. The minimum atomic E-state index is 0.00885. The van der Waals surface area contributed by atoms with Gasteiger partial charge in [0, 0.05) is 30.9 Å². The van der Waals surface area contributed by atoms with E-state index in [1.54, 1.807) is 17.5 Å². The van der Waals surface area contributed by atoms with E-state index in [1.807, 2.05) is 45.6 Å². The number of carbonyl (C=O) groups is 1. The lowest BCUT2D eigenvalue weighted by Gasteiger charge is -2.21. The number of aromatic nitrogens is 3. The van der Waals surface area contributed by atoms with Crippen LogP contribution in [0.25, 0.3) is 9.88 Å². The number of nitrogens with zero attached hydrogens (tertiary/aromatic N) is 4. The average molecular weight is 344 g/mol. The molecular formula is C16H16N4OS2. The predicted octanol–water partition coefficient (Wildman–Crippen LogP) is 3.41. The normalized spacial score (nSPS) is 14.1. The summed E-state index contributed by atoms with van der Waals surface area (Å²) in [4.78, 5) is 24.8. The molecule has 3 aromatic heterocycles. The van der Waals surface area contributed by atoms with Crippen molar-refractivity contribution in [3.63, 3.8) is 0 Å². The van der Waals surface area contributed by atoms with E-state index in [-0.39, 0.29) is 5.91 Å². The van der Waals surface area contributed by atoms with Crippen molar-refractivity contribution in [1.29, 1.82) is 0 Å². The maximum atomic E-state index is 12.9. The number of carbonyl (C=O) groups excluding carboxylic acids is 1. The molecule has 0 saturated heterocycles. The highest BCUT2D eigenvalue weighted by atomic mass is 32.1. The molecule has 5 nitrogen and oxygen atoms in total. The van der Waals surface area contributed by atoms with Crippen molar-refractivity contribution in [3.05, 3.63) is 46.8 Å². The first-order valence-electron chi connectivity index (χ1n) is 7.49. The van der Waals surface area contributed by atoms with Gasteiger partial charge in [-0.1, -0.05) is 6.07 Å². The molecular weight excluding hydrogens is 328 g/mol. The number of aryl methyl sites for hydroxylation is 1. The van der Waals surface area contributed by atoms with Crippen molar-refractivity contribution in [2.45, 2.75) is 25.4 Å². The van der Waals surface area contributed by atoms with Crippen molar-refractivity contribution >= 4 is 28.6 Å². The van der Waals surface area contributed by atoms with Crippen molar-refractivity contribution in [1.82, 2.24) is 19.4 Å². The summed E-state index contributed by atoms with van der Waals surface area (Å²) in [7, 11) is 1.95. The third kappa shape index (κ3) is 2.94. The molecule has 0 unspecified atom stereocenters. The van der Waals surface area contributed by atoms with Gasteiger partial charge >= 0.3 is 0 Å². The Kier molecular flexibility index (Phi) is 3.74. The molecule has 1 aliphatic carbocycles. The lowest BCUT2D eigenvalue weighted by molar-refractivity contribution is 0.0719. The van der Waals surface area contributed by atoms with Crippen LogP contribution in [0.5, 0.6) is 0 Å². The summed E-state index contributed by atoms with van der Waals surface area (Å²) in [6, 6.07) is 4.36. The SMILES string of the molecule is Cn1ccnc1CN(C(=O)c1csc(-c2cccs2)n1)C1CC1. The molecule has 0 spiro atoms. The van der Waals surface area contributed by atoms with Crippen LogP contribution in [0.1, 0.15) is 29.2 Å². The molecule has 0 bridgehead atoms. The Morgan fingerprint density at radius 2 is 2.30 bits per heavy atom. The van der Waals surface area contributed by atoms with Crippen molar-refractivity contribution < 1.29 is 4.79 Å². The molecule has 0 atom stereocenters. The smallest absolute Gasteiger partial charge is 0.274 e. The molecule has 3 aromatic rings. The zero-order valence-electron chi connectivity index (χ0n) is 12.7. The summed E-state index contributed by atoms with van der Waals surface area (Å²) in [5, 5.41) is 4.80. The molecule has 3 heterocycles. The van der Waals surface area contributed by atoms with Gasteiger partial charge in [-0.25, -0.2) is 9.97 Å². The van der Waals surface area contributed by atoms with E-state index >= 15 is 0 Å². The minimum absolute atomic E-state index is 0.00885. The van der Waals surface area contributed by atoms with Crippen LogP contribution in [0, 0.1) is 0 Å². The standard InChI is InChI=1S/C16H16N4OS2/c1-19-7-6-17-14(19)9-20(11-4-5-11)16(21)12-10-23-15(18-12)13-3-2-8-22-13/h2-3,6-8,10-11H,4-5,9H2,1H3. The molecule has 118 valence electrons. The highest BCUT2D eigenvalue weighted by Crippen LogP contribution is 2.32. The topological polar surface area (TPSA) is 51.0 Å². The van der Waals surface area contributed by atoms with Crippen LogP contribution in [0.15, 0.2) is 35.3 Å². The third-order valence-electron chi connectivity index (χ3n) is 3.94. The van der Waals surface area contributed by atoms with E-state index in [4.69, 9.17) is 0 Å². The molecule has 0 radical (unpaired) electrons. The van der Waals surface area contributed by atoms with Crippen molar-refractivity contribution in [3.8, 4) is 9.88 Å². The van der Waals surface area contributed by atoms with E-state index in [9.17, 15) is 4.79 Å². The first-order valence-corrected chi connectivity index (χ1v) is 9.25. The first-order chi connectivity index (χ1) is 11.2. The maximum absolute atomic E-state index is 12.9. The lowest BCUT2D eigenvalue weighted by atomic mass is 10.3. The first kappa shape index (κ1) is 14.6. The van der Waals surface area contributed by atoms with Gasteiger partial charge in [0.05, 0.1) is 11.4 Å². The molecule has 1 aliphatic rings. The molecule has 0 aliphatic heterocycles. The summed E-state index contributed by atoms with van der Waals surface area (Å²) >= 11 is 3.17. The van der Waals surface area contributed by atoms with Gasteiger partial charge in [-0.2, -0.15) is 0 Å². The van der Waals surface area contributed by atoms with Gasteiger partial charge < -0.3 is 9.47 Å². The monoisotopic (exact) mass is 344 g/mol. The van der Waals surface area contributed by atoms with Crippen LogP contribution < -0.4 is 0 Å². The van der Waals surface area contributed by atoms with Gasteiger partial charge in [0.15, 0.2) is 0 Å². The molecule has 1 fully saturated rings. The molecule has 4 rings (SSSR count). The van der Waals surface area contributed by atoms with Crippen LogP contribution in [0.2, 0.25) is 0 Å². The molecule has 1 saturated carbocycles. The van der Waals surface area contributed by atoms with Crippen LogP contribution in [-0.4, -0.2) is 31.4 Å². The predicted molar refractivity (Wildman–Crippen MR) is 91.5 cm³/mol. The Morgan fingerprint density at radius 1 is 1.43 bits per heavy atom. The fraction of sp³-hybridized carbons (Fsp3) is 0.312. The second-order valence-electron chi connectivity index (χ2n) is 5.63. The minimum Gasteiger partial charge on any atom is -0.337 e. The highest BCUT2D eigenvalue weighted by Gasteiger charge is 2.34. The summed E-state index contributed by atoms with van der Waals surface area (Å²) < 4.78 is 1.96. The van der Waals surface area contributed by atoms with E-state index in [2.05, 4.69) is 9.97 Å². The van der Waals surface area contributed by atoms with Gasteiger partial charge in [-0.15, -0.1) is 22.7 Å². The number of hydrogen-bond acceptors (Lipinski definition) is 5. The Labute approximate surface area is 142 Å². The zero-order valence-corrected chi connectivity index (χ0v) is 14.3. The molecule has 7 heteroatoms. The maximum Gasteiger partial charge on any atom is 0.274 e. The van der Waals surface area contributed by atoms with Gasteiger partial charge in [-0.3, -0.25) is 4.79 Å². The summed E-state index contributed by atoms with van der Waals surface area (Å²) in [6.07, 6.45) is 5.81. The average Bonchev–Trinajstić information content (AvgIpc) is 2.99. The van der Waals surface area contributed by atoms with Crippen LogP contribution >= 0.6 is 22.7 Å². The zero-order chi connectivity index (χ0) is 15.8. The number of thiophene rings is 1. The molecule has 0 N–H and O–H groups in total. The van der Waals surface area contributed by atoms with E-state index in [0.29, 0.717) is 18.3 Å². The molecule has 0 aromatic carbocycles. The Hall–Kier alpha value is -1.99. The van der Waals surface area contributed by atoms with Gasteiger partial charge in [-0.05, 0) is 24.3 Å². The Morgan fingerprint density at radius 3 is 2.96 bits per heavy atom. The van der Waals surface area contributed by atoms with Gasteiger partial charge in [0.2, 0.25) is 0 Å². The van der Waals surface area contributed by atoms with E-state index in [0.717, 1.165) is 28.6 Å². The number of rotatable bonds is 5. The largest absolute Gasteiger partial charge is 0.337 e. The van der Waals surface area contributed by atoms with Crippen LogP contribution in [0.4, 0.5) is 0 Å². The van der Waals surface area contributed by atoms with Gasteiger partial charge in [0.25, 0.3) is 5.91 Å². The summed E-state index contributed by atoms with van der Waals surface area (Å²) in [5.41, 5.74) is 0.541. The van der Waals surface area contributed by atoms with Crippen LogP contribution in [-0.2, 0) is 13.6 Å². The number of thiazole rings is 1. The Bertz CT molecular complexity index is 817. The van der Waals surface area contributed by atoms with Crippen LogP contribution in [0.3, 0.4) is 0 Å². The molecule has 1 amide bonds. The number of imidazole rings is 1. The van der Waals surface area contributed by atoms with Crippen molar-refractivity contribution in [2.24, 2.45) is 7.05 Å². The summed E-state index contributed by atoms with van der Waals surface area (Å²) in [5.74, 6) is 0.911. The quantitative estimate of drug-likeness (QED) is 0.713. The fourth-order valence-corrected chi connectivity index (χ4v) is 4.09. The highest BCUT2D eigenvalue weighted by molar-refractivity contribution is 7.20. The lowest BCUT2D eigenvalue weighted by Crippen LogP contribution is -2.33. The number of hydrogen-bond donors (Lipinski definition) is 0. The third-order valence-corrected chi connectivity index (χ3v) is 5.82. The fourth-order valence-electron chi connectivity index (χ4n) is 2.49. The van der Waals surface area contributed by atoms with Crippen molar-refractivity contribution in [2.75, 3.05) is 0 Å². The number of amides is 1. The summed E-state index contributed by atoms with van der Waals surface area (Å²) in [6.45, 7) is 0.541. The second-order valence-corrected chi connectivity index (χ2v) is 7.44. The van der Waals surface area contributed by atoms with Gasteiger partial charge in [0.1, 0.15) is 16.5 Å². The Balaban J connectivity index is 1.57. The van der Waals surface area contributed by atoms with E-state index < -0.39 is 0 Å².